The van der Waals surface area contributed by atoms with E-state index in [0.717, 1.165) is 11.1 Å². The minimum absolute atomic E-state index is 0.255. The lowest BCUT2D eigenvalue weighted by atomic mass is 10.1. The van der Waals surface area contributed by atoms with Crippen molar-refractivity contribution < 1.29 is 14.3 Å². The molecular weight excluding hydrogens is 292 g/mol. The van der Waals surface area contributed by atoms with Crippen molar-refractivity contribution in [2.75, 3.05) is 14.2 Å². The lowest BCUT2D eigenvalue weighted by Crippen LogP contribution is -2.18. The van der Waals surface area contributed by atoms with Gasteiger partial charge in [-0.3, -0.25) is 4.79 Å². The number of carbonyl (C=O) groups excluding carboxylic acids is 1. The maximum Gasteiger partial charge on any atom is 0.271 e. The number of benzene rings is 2. The van der Waals surface area contributed by atoms with Gasteiger partial charge in [0.25, 0.3) is 5.91 Å². The molecule has 0 bridgehead atoms. The fraction of sp³-hybridized carbons (Fsp3) is 0.222. The fourth-order valence-corrected chi connectivity index (χ4v) is 2.27. The molecule has 2 rings (SSSR count). The van der Waals surface area contributed by atoms with Crippen LogP contribution in [0, 0.1) is 13.8 Å². The number of nitrogens with one attached hydrogen (secondary N) is 1. The molecule has 2 aromatic carbocycles. The molecule has 2 aromatic rings. The minimum atomic E-state index is -0.255. The molecular formula is C18H20N2O3. The van der Waals surface area contributed by atoms with Crippen LogP contribution in [0.4, 0.5) is 0 Å². The highest BCUT2D eigenvalue weighted by molar-refractivity contribution is 5.95. The van der Waals surface area contributed by atoms with Gasteiger partial charge in [0.1, 0.15) is 11.5 Å². The second-order valence-electron chi connectivity index (χ2n) is 5.18. The Labute approximate surface area is 135 Å². The van der Waals surface area contributed by atoms with Gasteiger partial charge >= 0.3 is 0 Å². The molecule has 0 aromatic heterocycles. The number of aryl methyl sites for hydroxylation is 2. The minimum Gasteiger partial charge on any atom is -0.497 e. The standard InChI is InChI=1S/C18H20N2O3/c1-12-7-13(2)9-14(8-12)18(21)20-19-11-15-10-16(22-3)5-6-17(15)23-4/h5-11H,1-4H3,(H,20,21)/b19-11-. The van der Waals surface area contributed by atoms with E-state index in [4.69, 9.17) is 9.47 Å². The van der Waals surface area contributed by atoms with E-state index in [-0.39, 0.29) is 5.91 Å². The summed E-state index contributed by atoms with van der Waals surface area (Å²) in [6.45, 7) is 3.91. The maximum atomic E-state index is 12.1. The zero-order valence-electron chi connectivity index (χ0n) is 13.7. The molecule has 1 amide bonds. The van der Waals surface area contributed by atoms with Crippen LogP contribution >= 0.6 is 0 Å². The summed E-state index contributed by atoms with van der Waals surface area (Å²) in [4.78, 5) is 12.1. The number of ether oxygens (including phenoxy) is 2. The molecule has 5 nitrogen and oxygen atoms in total. The van der Waals surface area contributed by atoms with E-state index in [1.54, 1.807) is 32.4 Å². The molecule has 1 N–H and O–H groups in total. The summed E-state index contributed by atoms with van der Waals surface area (Å²) in [5.74, 6) is 1.08. The Morgan fingerprint density at radius 3 is 2.35 bits per heavy atom. The van der Waals surface area contributed by atoms with Gasteiger partial charge in [-0.1, -0.05) is 17.2 Å². The highest BCUT2D eigenvalue weighted by Crippen LogP contribution is 2.22. The summed E-state index contributed by atoms with van der Waals surface area (Å²) in [5, 5.41) is 4.00. The predicted molar refractivity (Wildman–Crippen MR) is 90.5 cm³/mol. The largest absolute Gasteiger partial charge is 0.497 e. The molecule has 0 radical (unpaired) electrons. The number of methoxy groups -OCH3 is 2. The SMILES string of the molecule is COc1ccc(OC)c(/C=N\NC(=O)c2cc(C)cc(C)c2)c1. The van der Waals surface area contributed by atoms with Crippen LogP contribution < -0.4 is 14.9 Å². The number of amides is 1. The zero-order valence-corrected chi connectivity index (χ0v) is 13.7. The predicted octanol–water partition coefficient (Wildman–Crippen LogP) is 3.08. The quantitative estimate of drug-likeness (QED) is 0.682. The van der Waals surface area contributed by atoms with Crippen LogP contribution in [0.25, 0.3) is 0 Å². The number of rotatable bonds is 5. The Morgan fingerprint density at radius 1 is 1.04 bits per heavy atom. The molecule has 0 unspecified atom stereocenters. The van der Waals surface area contributed by atoms with E-state index in [1.807, 2.05) is 32.0 Å². The van der Waals surface area contributed by atoms with Crippen LogP contribution in [0.1, 0.15) is 27.0 Å². The number of hydrogen-bond donors (Lipinski definition) is 1. The molecule has 5 heteroatoms. The van der Waals surface area contributed by atoms with E-state index in [0.29, 0.717) is 22.6 Å². The molecule has 120 valence electrons. The number of hydrazone groups is 1. The van der Waals surface area contributed by atoms with Gasteiger partial charge in [-0.15, -0.1) is 0 Å². The summed E-state index contributed by atoms with van der Waals surface area (Å²) in [6, 6.07) is 11.0. The first-order chi connectivity index (χ1) is 11.0. The third-order valence-corrected chi connectivity index (χ3v) is 3.29. The second-order valence-corrected chi connectivity index (χ2v) is 5.18. The molecule has 0 saturated carbocycles. The Balaban J connectivity index is 2.13. The van der Waals surface area contributed by atoms with Crippen molar-refractivity contribution in [2.24, 2.45) is 5.10 Å². The summed E-state index contributed by atoms with van der Waals surface area (Å²) in [7, 11) is 3.16. The van der Waals surface area contributed by atoms with Crippen LogP contribution in [0.2, 0.25) is 0 Å². The van der Waals surface area contributed by atoms with Crippen molar-refractivity contribution in [1.29, 1.82) is 0 Å². The lowest BCUT2D eigenvalue weighted by molar-refractivity contribution is 0.0955. The number of hydrogen-bond acceptors (Lipinski definition) is 4. The average molecular weight is 312 g/mol. The Kier molecular flexibility index (Phi) is 5.36. The van der Waals surface area contributed by atoms with E-state index < -0.39 is 0 Å². The summed E-state index contributed by atoms with van der Waals surface area (Å²) in [5.41, 5.74) is 5.89. The smallest absolute Gasteiger partial charge is 0.271 e. The third-order valence-electron chi connectivity index (χ3n) is 3.29. The van der Waals surface area contributed by atoms with Crippen molar-refractivity contribution in [3.05, 3.63) is 58.7 Å². The summed E-state index contributed by atoms with van der Waals surface area (Å²) < 4.78 is 10.4. The van der Waals surface area contributed by atoms with Crippen LogP contribution in [0.15, 0.2) is 41.5 Å². The molecule has 0 saturated heterocycles. The molecule has 0 heterocycles. The van der Waals surface area contributed by atoms with Crippen molar-refractivity contribution in [1.82, 2.24) is 5.43 Å². The highest BCUT2D eigenvalue weighted by Gasteiger charge is 2.06. The molecule has 0 aliphatic rings. The topological polar surface area (TPSA) is 59.9 Å². The van der Waals surface area contributed by atoms with E-state index in [1.165, 1.54) is 6.21 Å². The summed E-state index contributed by atoms with van der Waals surface area (Å²) in [6.07, 6.45) is 1.53. The van der Waals surface area contributed by atoms with Crippen LogP contribution in [-0.2, 0) is 0 Å². The maximum absolute atomic E-state index is 12.1. The van der Waals surface area contributed by atoms with Gasteiger partial charge in [-0.05, 0) is 44.2 Å². The average Bonchev–Trinajstić information content (AvgIpc) is 2.53. The van der Waals surface area contributed by atoms with Gasteiger partial charge in [-0.25, -0.2) is 5.43 Å². The second kappa shape index (κ2) is 7.45. The lowest BCUT2D eigenvalue weighted by Gasteiger charge is -2.07. The highest BCUT2D eigenvalue weighted by atomic mass is 16.5. The monoisotopic (exact) mass is 312 g/mol. The van der Waals surface area contributed by atoms with Gasteiger partial charge < -0.3 is 9.47 Å². The van der Waals surface area contributed by atoms with Gasteiger partial charge in [0, 0.05) is 11.1 Å². The van der Waals surface area contributed by atoms with E-state index in [9.17, 15) is 4.79 Å². The molecule has 23 heavy (non-hydrogen) atoms. The Bertz CT molecular complexity index is 719. The van der Waals surface area contributed by atoms with Gasteiger partial charge in [-0.2, -0.15) is 5.10 Å². The normalized spacial score (nSPS) is 10.6. The molecule has 0 atom stereocenters. The fourth-order valence-electron chi connectivity index (χ4n) is 2.27. The van der Waals surface area contributed by atoms with Crippen LogP contribution in [0.5, 0.6) is 11.5 Å². The number of nitrogens with zero attached hydrogens (tertiary/aromatic N) is 1. The Hall–Kier alpha value is -2.82. The van der Waals surface area contributed by atoms with E-state index in [2.05, 4.69) is 10.5 Å². The van der Waals surface area contributed by atoms with Crippen LogP contribution in [-0.4, -0.2) is 26.3 Å². The first kappa shape index (κ1) is 16.5. The molecule has 0 spiro atoms. The molecule has 0 aliphatic carbocycles. The molecule has 0 aliphatic heterocycles. The molecule has 0 fully saturated rings. The van der Waals surface area contributed by atoms with Crippen molar-refractivity contribution >= 4 is 12.1 Å². The van der Waals surface area contributed by atoms with Crippen LogP contribution in [0.3, 0.4) is 0 Å². The van der Waals surface area contributed by atoms with Crippen molar-refractivity contribution in [3.63, 3.8) is 0 Å². The first-order valence-electron chi connectivity index (χ1n) is 7.17. The Morgan fingerprint density at radius 2 is 1.74 bits per heavy atom. The van der Waals surface area contributed by atoms with Gasteiger partial charge in [0.2, 0.25) is 0 Å². The van der Waals surface area contributed by atoms with Gasteiger partial charge in [0.05, 0.1) is 20.4 Å². The number of carbonyl (C=O) groups is 1. The third kappa shape index (κ3) is 4.32. The summed E-state index contributed by atoms with van der Waals surface area (Å²) >= 11 is 0. The first-order valence-corrected chi connectivity index (χ1v) is 7.17. The zero-order chi connectivity index (χ0) is 16.8. The van der Waals surface area contributed by atoms with Gasteiger partial charge in [0.15, 0.2) is 0 Å². The van der Waals surface area contributed by atoms with Crippen molar-refractivity contribution in [3.8, 4) is 11.5 Å². The van der Waals surface area contributed by atoms with Crippen molar-refractivity contribution in [2.45, 2.75) is 13.8 Å². The van der Waals surface area contributed by atoms with E-state index >= 15 is 0 Å².